The van der Waals surface area contributed by atoms with Crippen molar-refractivity contribution in [2.45, 2.75) is 13.1 Å². The molecule has 130 valence electrons. The summed E-state index contributed by atoms with van der Waals surface area (Å²) < 4.78 is 54.8. The van der Waals surface area contributed by atoms with E-state index in [0.717, 1.165) is 0 Å². The van der Waals surface area contributed by atoms with E-state index >= 15 is 0 Å². The van der Waals surface area contributed by atoms with Gasteiger partial charge in [0.15, 0.2) is 6.61 Å². The van der Waals surface area contributed by atoms with Crippen LogP contribution >= 0.6 is 0 Å². The molecule has 0 amide bonds. The van der Waals surface area contributed by atoms with Gasteiger partial charge in [0.1, 0.15) is 11.6 Å². The largest absolute Gasteiger partial charge is 0.484 e. The van der Waals surface area contributed by atoms with Crippen LogP contribution in [0.25, 0.3) is 21.9 Å². The lowest BCUT2D eigenvalue weighted by molar-refractivity contribution is -0.153. The molecule has 2 aromatic carbocycles. The van der Waals surface area contributed by atoms with Gasteiger partial charge in [0.2, 0.25) is 0 Å². The van der Waals surface area contributed by atoms with Crippen molar-refractivity contribution in [2.75, 3.05) is 6.61 Å². The molecule has 0 spiro atoms. The zero-order valence-corrected chi connectivity index (χ0v) is 13.1. The maximum atomic E-state index is 13.3. The highest BCUT2D eigenvalue weighted by Crippen LogP contribution is 2.31. The fourth-order valence-electron chi connectivity index (χ4n) is 2.65. The molecule has 0 saturated carbocycles. The molecular weight excluding hydrogens is 338 g/mol. The van der Waals surface area contributed by atoms with Crippen LogP contribution in [0, 0.1) is 12.7 Å². The second-order valence-corrected chi connectivity index (χ2v) is 5.60. The third kappa shape index (κ3) is 3.65. The summed E-state index contributed by atoms with van der Waals surface area (Å²) >= 11 is 0. The van der Waals surface area contributed by atoms with Crippen molar-refractivity contribution in [3.8, 4) is 16.9 Å². The van der Waals surface area contributed by atoms with E-state index in [0.29, 0.717) is 22.1 Å². The summed E-state index contributed by atoms with van der Waals surface area (Å²) in [4.78, 5) is 14.6. The molecule has 1 heterocycles. The summed E-state index contributed by atoms with van der Waals surface area (Å²) in [6.07, 6.45) is -2.96. The Morgan fingerprint density at radius 1 is 1.04 bits per heavy atom. The van der Waals surface area contributed by atoms with E-state index in [2.05, 4.69) is 4.98 Å². The number of aromatic amines is 1. The van der Waals surface area contributed by atoms with Crippen LogP contribution < -0.4 is 10.3 Å². The first-order valence-electron chi connectivity index (χ1n) is 7.36. The first-order valence-corrected chi connectivity index (χ1v) is 7.36. The van der Waals surface area contributed by atoms with Gasteiger partial charge in [0.05, 0.1) is 5.39 Å². The highest BCUT2D eigenvalue weighted by Gasteiger charge is 2.28. The molecule has 0 atom stereocenters. The second-order valence-electron chi connectivity index (χ2n) is 5.60. The Labute approximate surface area is 139 Å². The van der Waals surface area contributed by atoms with E-state index in [1.807, 2.05) is 0 Å². The van der Waals surface area contributed by atoms with Crippen molar-refractivity contribution in [3.63, 3.8) is 0 Å². The van der Waals surface area contributed by atoms with E-state index in [1.54, 1.807) is 13.0 Å². The summed E-state index contributed by atoms with van der Waals surface area (Å²) in [6.45, 7) is 0.295. The third-order valence-corrected chi connectivity index (χ3v) is 3.75. The first-order chi connectivity index (χ1) is 11.7. The maximum Gasteiger partial charge on any atom is 0.422 e. The molecule has 1 N–H and O–H groups in total. The molecule has 0 aliphatic rings. The summed E-state index contributed by atoms with van der Waals surface area (Å²) in [6, 6.07) is 8.42. The Morgan fingerprint density at radius 2 is 1.80 bits per heavy atom. The highest BCUT2D eigenvalue weighted by molar-refractivity contribution is 5.97. The predicted molar refractivity (Wildman–Crippen MR) is 86.2 cm³/mol. The number of aromatic nitrogens is 1. The highest BCUT2D eigenvalue weighted by atomic mass is 19.4. The number of alkyl halides is 3. The summed E-state index contributed by atoms with van der Waals surface area (Å²) in [5.41, 5.74) is 1.59. The normalized spacial score (nSPS) is 11.7. The van der Waals surface area contributed by atoms with Crippen LogP contribution in [0.5, 0.6) is 5.75 Å². The van der Waals surface area contributed by atoms with Crippen molar-refractivity contribution < 1.29 is 22.3 Å². The number of benzene rings is 2. The van der Waals surface area contributed by atoms with Crippen molar-refractivity contribution >= 4 is 10.8 Å². The number of hydrogen-bond donors (Lipinski definition) is 1. The molecule has 7 heteroatoms. The number of H-pyrrole nitrogens is 1. The zero-order chi connectivity index (χ0) is 18.2. The Morgan fingerprint density at radius 3 is 2.48 bits per heavy atom. The first kappa shape index (κ1) is 17.0. The standard InChI is InChI=1S/C18H13F4NO2/c1-10-6-11(19)2-4-13(10)16-8-23-17(24)15-7-12(3-5-14(15)16)25-9-18(20,21)22/h2-8H,9H2,1H3,(H,23,24). The van der Waals surface area contributed by atoms with E-state index in [-0.39, 0.29) is 17.0 Å². The van der Waals surface area contributed by atoms with Crippen LogP contribution in [0.3, 0.4) is 0 Å². The molecule has 0 fully saturated rings. The van der Waals surface area contributed by atoms with Gasteiger partial charge in [0.25, 0.3) is 5.56 Å². The van der Waals surface area contributed by atoms with Gasteiger partial charge in [0, 0.05) is 11.8 Å². The summed E-state index contributed by atoms with van der Waals surface area (Å²) in [5, 5.41) is 0.735. The average Bonchev–Trinajstić information content (AvgIpc) is 2.54. The van der Waals surface area contributed by atoms with E-state index in [9.17, 15) is 22.4 Å². The Kier molecular flexibility index (Phi) is 4.24. The quantitative estimate of drug-likeness (QED) is 0.702. The fraction of sp³-hybridized carbons (Fsp3) is 0.167. The van der Waals surface area contributed by atoms with Crippen LogP contribution in [0.1, 0.15) is 5.56 Å². The zero-order valence-electron chi connectivity index (χ0n) is 13.1. The average molecular weight is 351 g/mol. The monoisotopic (exact) mass is 351 g/mol. The Balaban J connectivity index is 2.10. The van der Waals surface area contributed by atoms with Crippen LogP contribution in [0.2, 0.25) is 0 Å². The number of aryl methyl sites for hydroxylation is 1. The number of hydrogen-bond acceptors (Lipinski definition) is 2. The van der Waals surface area contributed by atoms with Gasteiger partial charge in [-0.1, -0.05) is 6.07 Å². The SMILES string of the molecule is Cc1cc(F)ccc1-c1c[nH]c(=O)c2cc(OCC(F)(F)F)ccc12. The smallest absolute Gasteiger partial charge is 0.422 e. The minimum Gasteiger partial charge on any atom is -0.484 e. The maximum absolute atomic E-state index is 13.3. The molecule has 0 aliphatic carbocycles. The second kappa shape index (κ2) is 6.23. The van der Waals surface area contributed by atoms with Crippen molar-refractivity contribution in [3.05, 3.63) is 64.3 Å². The number of nitrogens with one attached hydrogen (secondary N) is 1. The minimum absolute atomic E-state index is 0.0525. The Hall–Kier alpha value is -2.83. The molecule has 0 bridgehead atoms. The molecular formula is C18H13F4NO2. The van der Waals surface area contributed by atoms with Crippen LogP contribution in [0.15, 0.2) is 47.4 Å². The number of ether oxygens (including phenoxy) is 1. The van der Waals surface area contributed by atoms with Gasteiger partial charge in [-0.15, -0.1) is 0 Å². The third-order valence-electron chi connectivity index (χ3n) is 3.75. The minimum atomic E-state index is -4.46. The van der Waals surface area contributed by atoms with Crippen molar-refractivity contribution in [2.24, 2.45) is 0 Å². The molecule has 0 aliphatic heterocycles. The van der Waals surface area contributed by atoms with Crippen LogP contribution in [-0.2, 0) is 0 Å². The molecule has 3 rings (SSSR count). The van der Waals surface area contributed by atoms with Crippen LogP contribution in [-0.4, -0.2) is 17.8 Å². The van der Waals surface area contributed by atoms with Gasteiger partial charge in [-0.2, -0.15) is 13.2 Å². The van der Waals surface area contributed by atoms with Gasteiger partial charge in [-0.3, -0.25) is 4.79 Å². The molecule has 3 nitrogen and oxygen atoms in total. The van der Waals surface area contributed by atoms with E-state index < -0.39 is 18.3 Å². The van der Waals surface area contributed by atoms with Gasteiger partial charge < -0.3 is 9.72 Å². The fourth-order valence-corrected chi connectivity index (χ4v) is 2.65. The summed E-state index contributed by atoms with van der Waals surface area (Å²) in [5.74, 6) is -0.430. The van der Waals surface area contributed by atoms with Gasteiger partial charge >= 0.3 is 6.18 Å². The molecule has 0 radical (unpaired) electrons. The van der Waals surface area contributed by atoms with Crippen LogP contribution in [0.4, 0.5) is 17.6 Å². The number of fused-ring (bicyclic) bond motifs is 1. The summed E-state index contributed by atoms with van der Waals surface area (Å²) in [7, 11) is 0. The lowest BCUT2D eigenvalue weighted by Gasteiger charge is -2.12. The van der Waals surface area contributed by atoms with Crippen molar-refractivity contribution in [1.82, 2.24) is 4.98 Å². The van der Waals surface area contributed by atoms with Gasteiger partial charge in [-0.05, 0) is 53.8 Å². The Bertz CT molecular complexity index is 993. The number of halogens is 4. The molecule has 25 heavy (non-hydrogen) atoms. The lowest BCUT2D eigenvalue weighted by Crippen LogP contribution is -2.19. The van der Waals surface area contributed by atoms with E-state index in [1.165, 1.54) is 36.5 Å². The number of rotatable bonds is 3. The van der Waals surface area contributed by atoms with Gasteiger partial charge in [-0.25, -0.2) is 4.39 Å². The van der Waals surface area contributed by atoms with Crippen molar-refractivity contribution in [1.29, 1.82) is 0 Å². The topological polar surface area (TPSA) is 42.1 Å². The molecule has 3 aromatic rings. The lowest BCUT2D eigenvalue weighted by atomic mass is 9.97. The van der Waals surface area contributed by atoms with E-state index in [4.69, 9.17) is 4.74 Å². The number of pyridine rings is 1. The molecule has 1 aromatic heterocycles. The molecule has 0 saturated heterocycles. The predicted octanol–water partition coefficient (Wildman–Crippen LogP) is 4.58. The molecule has 0 unspecified atom stereocenters.